The first-order valence-corrected chi connectivity index (χ1v) is 5.11. The number of hydrogen-bond acceptors (Lipinski definition) is 3. The molecule has 1 fully saturated rings. The molecule has 1 aliphatic heterocycles. The van der Waals surface area contributed by atoms with E-state index < -0.39 is 5.97 Å². The summed E-state index contributed by atoms with van der Waals surface area (Å²) < 4.78 is 0. The summed E-state index contributed by atoms with van der Waals surface area (Å²) in [6.45, 7) is 0.784. The Kier molecular flexibility index (Phi) is 7.11. The van der Waals surface area contributed by atoms with Gasteiger partial charge in [-0.3, -0.25) is 9.78 Å². The minimum absolute atomic E-state index is 0. The van der Waals surface area contributed by atoms with Crippen LogP contribution in [0.25, 0.3) is 0 Å². The highest BCUT2D eigenvalue weighted by Gasteiger charge is 2.28. The topological polar surface area (TPSA) is 62.2 Å². The third kappa shape index (κ3) is 4.50. The van der Waals surface area contributed by atoms with E-state index in [0.717, 1.165) is 13.0 Å². The van der Waals surface area contributed by atoms with Gasteiger partial charge in [0.25, 0.3) is 0 Å². The van der Waals surface area contributed by atoms with Crippen molar-refractivity contribution in [1.82, 2.24) is 10.3 Å². The fraction of sp³-hybridized carbons (Fsp3) is 0.455. The molecule has 4 nitrogen and oxygen atoms in total. The summed E-state index contributed by atoms with van der Waals surface area (Å²) in [5.41, 5.74) is 1.18. The van der Waals surface area contributed by atoms with Gasteiger partial charge in [-0.1, -0.05) is 6.07 Å². The highest BCUT2D eigenvalue weighted by Crippen LogP contribution is 2.18. The number of halogens is 2. The van der Waals surface area contributed by atoms with Crippen LogP contribution in [-0.2, 0) is 11.2 Å². The van der Waals surface area contributed by atoms with Crippen LogP contribution >= 0.6 is 24.8 Å². The van der Waals surface area contributed by atoms with Crippen molar-refractivity contribution in [2.24, 2.45) is 5.92 Å². The van der Waals surface area contributed by atoms with Crippen molar-refractivity contribution >= 4 is 30.8 Å². The number of nitrogens with zero attached hydrogens (tertiary/aromatic N) is 1. The molecule has 1 aliphatic rings. The smallest absolute Gasteiger partial charge is 0.320 e. The van der Waals surface area contributed by atoms with Crippen LogP contribution in [0.15, 0.2) is 24.5 Å². The van der Waals surface area contributed by atoms with Crippen LogP contribution in [0.4, 0.5) is 0 Å². The molecule has 1 saturated heterocycles. The third-order valence-electron chi connectivity index (χ3n) is 2.77. The standard InChI is InChI=1S/C11H14N2O2.2ClH/c14-11(15)10-5-9(7-13-10)4-8-2-1-3-12-6-8;;/h1-3,6,9-10,13H,4-5,7H2,(H,14,15);2*1H/t9-,10+;;/m1../s1. The van der Waals surface area contributed by atoms with Gasteiger partial charge < -0.3 is 10.4 Å². The third-order valence-corrected chi connectivity index (χ3v) is 2.77. The maximum absolute atomic E-state index is 10.7. The minimum Gasteiger partial charge on any atom is -0.480 e. The van der Waals surface area contributed by atoms with Gasteiger partial charge in [-0.25, -0.2) is 0 Å². The highest BCUT2D eigenvalue weighted by molar-refractivity contribution is 5.85. The molecule has 1 aromatic heterocycles. The summed E-state index contributed by atoms with van der Waals surface area (Å²) in [6, 6.07) is 3.57. The summed E-state index contributed by atoms with van der Waals surface area (Å²) in [5.74, 6) is -0.334. The molecule has 0 saturated carbocycles. The Labute approximate surface area is 113 Å². The number of carbonyl (C=O) groups is 1. The molecule has 1 aromatic rings. The van der Waals surface area contributed by atoms with Crippen molar-refractivity contribution in [1.29, 1.82) is 0 Å². The Morgan fingerprint density at radius 3 is 2.82 bits per heavy atom. The minimum atomic E-state index is -0.747. The van der Waals surface area contributed by atoms with Gasteiger partial charge in [-0.05, 0) is 36.9 Å². The lowest BCUT2D eigenvalue weighted by molar-refractivity contribution is -0.139. The summed E-state index contributed by atoms with van der Waals surface area (Å²) in [6.07, 6.45) is 5.21. The average Bonchev–Trinajstić information content (AvgIpc) is 2.68. The first-order chi connectivity index (χ1) is 7.25. The molecule has 0 radical (unpaired) electrons. The quantitative estimate of drug-likeness (QED) is 0.880. The predicted molar refractivity (Wildman–Crippen MR) is 70.0 cm³/mol. The number of aromatic nitrogens is 1. The van der Waals surface area contributed by atoms with E-state index in [1.54, 1.807) is 6.20 Å². The van der Waals surface area contributed by atoms with Crippen LogP contribution in [0.3, 0.4) is 0 Å². The molecule has 2 N–H and O–H groups in total. The molecule has 0 aliphatic carbocycles. The number of hydrogen-bond donors (Lipinski definition) is 2. The van der Waals surface area contributed by atoms with Crippen molar-refractivity contribution in [3.63, 3.8) is 0 Å². The number of carboxylic acid groups (broad SMARTS) is 1. The summed E-state index contributed by atoms with van der Waals surface area (Å²) in [7, 11) is 0. The molecule has 2 heterocycles. The monoisotopic (exact) mass is 278 g/mol. The van der Waals surface area contributed by atoms with Crippen LogP contribution < -0.4 is 5.32 Å². The van der Waals surface area contributed by atoms with Gasteiger partial charge >= 0.3 is 5.97 Å². The first-order valence-electron chi connectivity index (χ1n) is 5.11. The van der Waals surface area contributed by atoms with E-state index in [2.05, 4.69) is 10.3 Å². The zero-order valence-corrected chi connectivity index (χ0v) is 10.8. The molecule has 0 spiro atoms. The van der Waals surface area contributed by atoms with E-state index in [9.17, 15) is 4.79 Å². The molecule has 0 bridgehead atoms. The Morgan fingerprint density at radius 1 is 1.53 bits per heavy atom. The molecule has 0 aromatic carbocycles. The molecule has 2 atom stereocenters. The van der Waals surface area contributed by atoms with Crippen LogP contribution in [-0.4, -0.2) is 28.6 Å². The van der Waals surface area contributed by atoms with Gasteiger partial charge in [-0.2, -0.15) is 0 Å². The van der Waals surface area contributed by atoms with Crippen molar-refractivity contribution in [3.05, 3.63) is 30.1 Å². The molecule has 96 valence electrons. The van der Waals surface area contributed by atoms with Gasteiger partial charge in [0.15, 0.2) is 0 Å². The van der Waals surface area contributed by atoms with E-state index >= 15 is 0 Å². The zero-order chi connectivity index (χ0) is 10.7. The molecule has 17 heavy (non-hydrogen) atoms. The maximum atomic E-state index is 10.7. The van der Waals surface area contributed by atoms with E-state index in [4.69, 9.17) is 5.11 Å². The number of pyridine rings is 1. The number of nitrogens with one attached hydrogen (secondary N) is 1. The van der Waals surface area contributed by atoms with Crippen LogP contribution in [0.5, 0.6) is 0 Å². The molecule has 6 heteroatoms. The summed E-state index contributed by atoms with van der Waals surface area (Å²) in [4.78, 5) is 14.8. The van der Waals surface area contributed by atoms with Crippen molar-refractivity contribution in [2.75, 3.05) is 6.54 Å². The van der Waals surface area contributed by atoms with Crippen LogP contribution in [0.2, 0.25) is 0 Å². The summed E-state index contributed by atoms with van der Waals surface area (Å²) in [5, 5.41) is 11.8. The second kappa shape index (κ2) is 7.48. The number of aliphatic carboxylic acids is 1. The second-order valence-electron chi connectivity index (χ2n) is 3.97. The molecule has 2 rings (SSSR count). The largest absolute Gasteiger partial charge is 0.480 e. The highest BCUT2D eigenvalue weighted by atomic mass is 35.5. The second-order valence-corrected chi connectivity index (χ2v) is 3.97. The van der Waals surface area contributed by atoms with Crippen molar-refractivity contribution < 1.29 is 9.90 Å². The van der Waals surface area contributed by atoms with Gasteiger partial charge in [-0.15, -0.1) is 24.8 Å². The lowest BCUT2D eigenvalue weighted by atomic mass is 9.98. The lowest BCUT2D eigenvalue weighted by Crippen LogP contribution is -2.29. The van der Waals surface area contributed by atoms with E-state index in [1.165, 1.54) is 5.56 Å². The van der Waals surface area contributed by atoms with Crippen molar-refractivity contribution in [2.45, 2.75) is 18.9 Å². The van der Waals surface area contributed by atoms with Gasteiger partial charge in [0.2, 0.25) is 0 Å². The van der Waals surface area contributed by atoms with E-state index in [1.807, 2.05) is 18.3 Å². The molecule has 0 amide bonds. The molecule has 0 unspecified atom stereocenters. The fourth-order valence-corrected chi connectivity index (χ4v) is 2.00. The van der Waals surface area contributed by atoms with Gasteiger partial charge in [0.1, 0.15) is 6.04 Å². The SMILES string of the molecule is Cl.Cl.O=C(O)[C@@H]1C[C@@H](Cc2cccnc2)CN1. The van der Waals surface area contributed by atoms with E-state index in [0.29, 0.717) is 12.3 Å². The fourth-order valence-electron chi connectivity index (χ4n) is 2.00. The average molecular weight is 279 g/mol. The molecular weight excluding hydrogens is 263 g/mol. The predicted octanol–water partition coefficient (Wildman–Crippen LogP) is 1.53. The van der Waals surface area contributed by atoms with E-state index in [-0.39, 0.29) is 30.9 Å². The van der Waals surface area contributed by atoms with Crippen LogP contribution in [0, 0.1) is 5.92 Å². The van der Waals surface area contributed by atoms with Crippen LogP contribution in [0.1, 0.15) is 12.0 Å². The lowest BCUT2D eigenvalue weighted by Gasteiger charge is -2.07. The first kappa shape index (κ1) is 16.2. The number of rotatable bonds is 3. The Morgan fingerprint density at radius 2 is 2.29 bits per heavy atom. The van der Waals surface area contributed by atoms with Crippen molar-refractivity contribution in [3.8, 4) is 0 Å². The summed E-state index contributed by atoms with van der Waals surface area (Å²) >= 11 is 0. The Bertz CT molecular complexity index is 349. The maximum Gasteiger partial charge on any atom is 0.320 e. The normalized spacial score (nSPS) is 22.4. The van der Waals surface area contributed by atoms with Gasteiger partial charge in [0, 0.05) is 12.4 Å². The van der Waals surface area contributed by atoms with Gasteiger partial charge in [0.05, 0.1) is 0 Å². The number of carboxylic acids is 1. The zero-order valence-electron chi connectivity index (χ0n) is 9.20. The Hall–Kier alpha value is -0.840. The Balaban J connectivity index is 0.00000128. The molecular formula is C11H16Cl2N2O2.